The van der Waals surface area contributed by atoms with Crippen molar-refractivity contribution in [3.63, 3.8) is 0 Å². The lowest BCUT2D eigenvalue weighted by molar-refractivity contribution is -0.125. The first-order valence-corrected chi connectivity index (χ1v) is 5.78. The van der Waals surface area contributed by atoms with Gasteiger partial charge in [0.25, 0.3) is 0 Å². The summed E-state index contributed by atoms with van der Waals surface area (Å²) in [5, 5.41) is 0. The van der Waals surface area contributed by atoms with Gasteiger partial charge < -0.3 is 5.73 Å². The Balaban J connectivity index is 1.91. The number of hydrogen-bond acceptors (Lipinski definition) is 3. The van der Waals surface area contributed by atoms with E-state index >= 15 is 0 Å². The van der Waals surface area contributed by atoms with Crippen molar-refractivity contribution in [2.75, 3.05) is 19.6 Å². The van der Waals surface area contributed by atoms with E-state index in [4.69, 9.17) is 5.73 Å². The molecule has 3 nitrogen and oxygen atoms in total. The maximum absolute atomic E-state index is 11.7. The molecule has 1 heterocycles. The van der Waals surface area contributed by atoms with E-state index in [0.717, 1.165) is 38.9 Å². The zero-order valence-electron chi connectivity index (χ0n) is 8.74. The average Bonchev–Trinajstić information content (AvgIpc) is 2.67. The van der Waals surface area contributed by atoms with Gasteiger partial charge in [-0.1, -0.05) is 6.42 Å². The number of carbonyl (C=O) groups is 1. The summed E-state index contributed by atoms with van der Waals surface area (Å²) in [5.74, 6) is 1.10. The minimum absolute atomic E-state index is 0.236. The molecule has 0 amide bonds. The normalized spacial score (nSPS) is 35.1. The summed E-state index contributed by atoms with van der Waals surface area (Å²) in [6.07, 6.45) is 5.38. The maximum atomic E-state index is 11.7. The molecule has 3 heteroatoms. The van der Waals surface area contributed by atoms with Crippen LogP contribution >= 0.6 is 0 Å². The highest BCUT2D eigenvalue weighted by molar-refractivity contribution is 5.84. The lowest BCUT2D eigenvalue weighted by atomic mass is 9.93. The lowest BCUT2D eigenvalue weighted by Crippen LogP contribution is -2.41. The van der Waals surface area contributed by atoms with Gasteiger partial charge in [-0.2, -0.15) is 0 Å². The summed E-state index contributed by atoms with van der Waals surface area (Å²) in [5.41, 5.74) is 5.65. The van der Waals surface area contributed by atoms with E-state index in [0.29, 0.717) is 11.7 Å². The van der Waals surface area contributed by atoms with Crippen LogP contribution in [-0.2, 0) is 4.79 Å². The molecule has 2 unspecified atom stereocenters. The van der Waals surface area contributed by atoms with Crippen molar-refractivity contribution in [2.24, 2.45) is 11.7 Å². The van der Waals surface area contributed by atoms with Crippen molar-refractivity contribution >= 4 is 5.78 Å². The van der Waals surface area contributed by atoms with Crippen LogP contribution in [0.3, 0.4) is 0 Å². The van der Waals surface area contributed by atoms with Crippen molar-refractivity contribution in [3.05, 3.63) is 0 Å². The van der Waals surface area contributed by atoms with Gasteiger partial charge in [0, 0.05) is 13.0 Å². The highest BCUT2D eigenvalue weighted by Crippen LogP contribution is 2.25. The Hall–Kier alpha value is -0.410. The summed E-state index contributed by atoms with van der Waals surface area (Å²) in [6, 6.07) is 0.236. The van der Waals surface area contributed by atoms with Crippen molar-refractivity contribution in [1.82, 2.24) is 4.90 Å². The number of nitrogens with zero attached hydrogens (tertiary/aromatic N) is 1. The molecule has 14 heavy (non-hydrogen) atoms. The Morgan fingerprint density at radius 1 is 1.36 bits per heavy atom. The molecule has 0 spiro atoms. The fourth-order valence-corrected chi connectivity index (χ4v) is 2.69. The van der Waals surface area contributed by atoms with E-state index in [9.17, 15) is 4.79 Å². The van der Waals surface area contributed by atoms with Crippen LogP contribution < -0.4 is 5.73 Å². The lowest BCUT2D eigenvalue weighted by Gasteiger charge is -2.29. The molecule has 1 aliphatic heterocycles. The van der Waals surface area contributed by atoms with Crippen molar-refractivity contribution < 1.29 is 4.79 Å². The number of rotatable bonds is 2. The number of ketones is 1. The van der Waals surface area contributed by atoms with Gasteiger partial charge in [-0.05, 0) is 38.3 Å². The number of nitrogens with two attached hydrogens (primary N) is 1. The minimum atomic E-state index is 0.236. The van der Waals surface area contributed by atoms with Gasteiger partial charge in [-0.3, -0.25) is 9.69 Å². The van der Waals surface area contributed by atoms with Gasteiger partial charge in [0.15, 0.2) is 0 Å². The summed E-state index contributed by atoms with van der Waals surface area (Å²) in [7, 11) is 0. The molecule has 80 valence electrons. The van der Waals surface area contributed by atoms with E-state index in [1.54, 1.807) is 0 Å². The third-order valence-electron chi connectivity index (χ3n) is 3.61. The van der Waals surface area contributed by atoms with E-state index in [2.05, 4.69) is 4.90 Å². The zero-order chi connectivity index (χ0) is 9.97. The Labute approximate surface area is 85.6 Å². The first-order chi connectivity index (χ1) is 6.81. The molecule has 1 saturated heterocycles. The average molecular weight is 196 g/mol. The second-order valence-electron chi connectivity index (χ2n) is 4.61. The van der Waals surface area contributed by atoms with E-state index < -0.39 is 0 Å². The smallest absolute Gasteiger partial charge is 0.149 e. The first kappa shape index (κ1) is 10.1. The Kier molecular flexibility index (Phi) is 3.19. The predicted octanol–water partition coefficient (Wildman–Crippen LogP) is 0.779. The molecular weight excluding hydrogens is 176 g/mol. The molecule has 2 fully saturated rings. The van der Waals surface area contributed by atoms with Crippen molar-refractivity contribution in [3.8, 4) is 0 Å². The van der Waals surface area contributed by atoms with Crippen LogP contribution in [0.2, 0.25) is 0 Å². The molecule has 0 bridgehead atoms. The highest BCUT2D eigenvalue weighted by Gasteiger charge is 2.32. The molecule has 1 saturated carbocycles. The fraction of sp³-hybridized carbons (Fsp3) is 0.909. The Morgan fingerprint density at radius 3 is 2.86 bits per heavy atom. The fourth-order valence-electron chi connectivity index (χ4n) is 2.69. The second kappa shape index (κ2) is 4.41. The van der Waals surface area contributed by atoms with Gasteiger partial charge in [-0.15, -0.1) is 0 Å². The molecule has 0 radical (unpaired) electrons. The summed E-state index contributed by atoms with van der Waals surface area (Å²) >= 11 is 0. The maximum Gasteiger partial charge on any atom is 0.149 e. The van der Waals surface area contributed by atoms with E-state index in [1.165, 1.54) is 12.8 Å². The summed E-state index contributed by atoms with van der Waals surface area (Å²) < 4.78 is 0. The third kappa shape index (κ3) is 1.98. The van der Waals surface area contributed by atoms with Gasteiger partial charge in [0.05, 0.1) is 6.04 Å². The van der Waals surface area contributed by atoms with E-state index in [-0.39, 0.29) is 6.04 Å². The predicted molar refractivity (Wildman–Crippen MR) is 56.0 cm³/mol. The summed E-state index contributed by atoms with van der Waals surface area (Å²) in [4.78, 5) is 14.1. The molecule has 2 atom stereocenters. The van der Waals surface area contributed by atoms with Gasteiger partial charge in [-0.25, -0.2) is 0 Å². The van der Waals surface area contributed by atoms with E-state index in [1.807, 2.05) is 0 Å². The van der Waals surface area contributed by atoms with Crippen LogP contribution in [0.5, 0.6) is 0 Å². The molecule has 2 N–H and O–H groups in total. The van der Waals surface area contributed by atoms with Gasteiger partial charge in [0.1, 0.15) is 5.78 Å². The second-order valence-corrected chi connectivity index (χ2v) is 4.61. The highest BCUT2D eigenvalue weighted by atomic mass is 16.1. The summed E-state index contributed by atoms with van der Waals surface area (Å²) in [6.45, 7) is 2.91. The number of hydrogen-bond donors (Lipinski definition) is 1. The molecule has 0 aromatic rings. The van der Waals surface area contributed by atoms with Crippen molar-refractivity contribution in [2.45, 2.75) is 38.1 Å². The van der Waals surface area contributed by atoms with Crippen LogP contribution in [-0.4, -0.2) is 36.4 Å². The molecular formula is C11H20N2O. The van der Waals surface area contributed by atoms with Crippen LogP contribution in [0.25, 0.3) is 0 Å². The standard InChI is InChI=1S/C11H20N2O/c12-7-9-5-6-13(8-9)10-3-1-2-4-11(10)14/h9-10H,1-8,12H2. The molecule has 0 aromatic heterocycles. The van der Waals surface area contributed by atoms with Gasteiger partial charge >= 0.3 is 0 Å². The topological polar surface area (TPSA) is 46.3 Å². The minimum Gasteiger partial charge on any atom is -0.330 e. The SMILES string of the molecule is NCC1CCN(C2CCCCC2=O)C1. The van der Waals surface area contributed by atoms with Crippen LogP contribution in [0.4, 0.5) is 0 Å². The molecule has 1 aliphatic carbocycles. The number of Topliss-reactive ketones (excluding diaryl/α,β-unsaturated/α-hetero) is 1. The van der Waals surface area contributed by atoms with Crippen LogP contribution in [0.1, 0.15) is 32.1 Å². The van der Waals surface area contributed by atoms with Gasteiger partial charge in [0.2, 0.25) is 0 Å². The zero-order valence-corrected chi connectivity index (χ0v) is 8.74. The van der Waals surface area contributed by atoms with Crippen LogP contribution in [0.15, 0.2) is 0 Å². The number of likely N-dealkylation sites (tertiary alicyclic amines) is 1. The molecule has 2 aliphatic rings. The largest absolute Gasteiger partial charge is 0.330 e. The Morgan fingerprint density at radius 2 is 2.21 bits per heavy atom. The Bertz CT molecular complexity index is 217. The quantitative estimate of drug-likeness (QED) is 0.710. The third-order valence-corrected chi connectivity index (χ3v) is 3.61. The number of carbonyl (C=O) groups excluding carboxylic acids is 1. The molecule has 0 aromatic carbocycles. The van der Waals surface area contributed by atoms with Crippen LogP contribution in [0, 0.1) is 5.92 Å². The van der Waals surface area contributed by atoms with Crippen molar-refractivity contribution in [1.29, 1.82) is 0 Å². The first-order valence-electron chi connectivity index (χ1n) is 5.78. The monoisotopic (exact) mass is 196 g/mol. The molecule has 2 rings (SSSR count).